The van der Waals surface area contributed by atoms with E-state index in [9.17, 15) is 74.2 Å². The van der Waals surface area contributed by atoms with Gasteiger partial charge in [-0.05, 0) is 138 Å². The molecule has 0 amide bonds. The fourth-order valence-corrected chi connectivity index (χ4v) is 13.1. The number of benzene rings is 8. The first-order valence-electron chi connectivity index (χ1n) is 28.8. The van der Waals surface area contributed by atoms with Gasteiger partial charge in [-0.2, -0.15) is 78.2 Å². The van der Waals surface area contributed by atoms with E-state index in [1.165, 1.54) is 115 Å². The van der Waals surface area contributed by atoms with Crippen molar-refractivity contribution in [1.82, 2.24) is 29.9 Å². The number of hydrogen-bond donors (Lipinski definition) is 12. The van der Waals surface area contributed by atoms with Crippen molar-refractivity contribution >= 4 is 217 Å². The fraction of sp³-hybridized carbons (Fsp3) is 0.0741. The lowest BCUT2D eigenvalue weighted by atomic mass is 10.1. The average Bonchev–Trinajstić information content (AvgIpc) is 0.767. The largest absolute Gasteiger partial charge is 0.507 e. The number of halogens is 2. The molecule has 0 aliphatic carbocycles. The molecule has 0 fully saturated rings. The average molecular weight is 1810 g/mol. The van der Waals surface area contributed by atoms with Gasteiger partial charge < -0.3 is 42.9 Å². The maximum atomic E-state index is 14.3. The first-order chi connectivity index (χ1) is 52.9. The zero-order valence-corrected chi connectivity index (χ0v) is 64.4. The Morgan fingerprint density at radius 3 is 1.06 bits per heavy atom. The summed E-state index contributed by atoms with van der Waals surface area (Å²) in [5.74, 6) is -2.45. The Labute approximate surface area is 650 Å². The van der Waals surface area contributed by atoms with Crippen LogP contribution in [0.4, 0.5) is 85.1 Å². The van der Waals surface area contributed by atoms with Crippen molar-refractivity contribution in [3.63, 3.8) is 0 Å². The van der Waals surface area contributed by atoms with Gasteiger partial charge in [-0.25, -0.2) is 25.2 Å². The first kappa shape index (κ1) is 92.7. The molecule has 0 bridgehead atoms. The van der Waals surface area contributed by atoms with E-state index in [-0.39, 0.29) is 106 Å². The van der Waals surface area contributed by atoms with Gasteiger partial charge in [0.2, 0.25) is 29.1 Å². The summed E-state index contributed by atoms with van der Waals surface area (Å²) in [5, 5.41) is 48.1. The van der Waals surface area contributed by atoms with Crippen molar-refractivity contribution < 1.29 is 142 Å². The molecule has 2 heterocycles. The van der Waals surface area contributed by atoms with Crippen LogP contribution in [0.25, 0.3) is 21.5 Å². The lowest BCUT2D eigenvalue weighted by molar-refractivity contribution is 0.282. The molecule has 60 heteroatoms. The van der Waals surface area contributed by atoms with Crippen LogP contribution < -0.4 is 32.7 Å². The second kappa shape index (κ2) is 40.5. The normalized spacial score (nSPS) is 11.5. The minimum Gasteiger partial charge on any atom is -0.507 e. The number of phenols is 2. The molecule has 0 aliphatic rings. The van der Waals surface area contributed by atoms with Crippen LogP contribution >= 0.6 is 11.6 Å². The molecule has 10 aromatic rings. The number of azo groups is 2. The molecule has 0 spiro atoms. The topological polar surface area (TPSA) is 776 Å². The number of nitrogens with two attached hydrogens (primary N) is 2. The number of hydrogen-bond acceptors (Lipinski definition) is 44. The zero-order chi connectivity index (χ0) is 85.4. The summed E-state index contributed by atoms with van der Waals surface area (Å²) in [6, 6.07) is 33.4. The molecular weight excluding hydrogens is 1760 g/mol. The number of sulfone groups is 2. The Kier molecular flexibility index (Phi) is 32.9. The third-order valence-electron chi connectivity index (χ3n) is 12.9. The number of fused-ring (bicyclic) bond motifs is 2. The Bertz CT molecular complexity index is 6460. The molecule has 0 radical (unpaired) electrons. The summed E-state index contributed by atoms with van der Waals surface area (Å²) in [6.07, 6.45) is -1.19. The Morgan fingerprint density at radius 2 is 0.719 bits per heavy atom. The van der Waals surface area contributed by atoms with Crippen LogP contribution in [0.5, 0.6) is 11.5 Å². The minimum absolute atomic E-state index is 0.00118. The molecule has 0 unspecified atom stereocenters. The third kappa shape index (κ3) is 31.0. The predicted octanol–water partition coefficient (Wildman–Crippen LogP) is 4.89. The van der Waals surface area contributed by atoms with Gasteiger partial charge in [0.25, 0.3) is 20.2 Å². The Hall–Kier alpha value is -11.9. The van der Waals surface area contributed by atoms with Crippen LogP contribution in [0.15, 0.2) is 186 Å². The highest BCUT2D eigenvalue weighted by Gasteiger charge is 2.25. The van der Waals surface area contributed by atoms with Gasteiger partial charge in [-0.3, -0.25) is 18.2 Å². The number of nitrogens with one attached hydrogen (secondary N) is 4. The highest BCUT2D eigenvalue weighted by atomic mass is 35.5. The van der Waals surface area contributed by atoms with Crippen LogP contribution in [0.3, 0.4) is 0 Å². The van der Waals surface area contributed by atoms with E-state index in [1.807, 2.05) is 0 Å². The second-order valence-corrected chi connectivity index (χ2v) is 31.6. The summed E-state index contributed by atoms with van der Waals surface area (Å²) in [7, 11) is -39.6. The number of aromatic nitrogens is 6. The van der Waals surface area contributed by atoms with E-state index >= 15 is 0 Å². The predicted molar refractivity (Wildman–Crippen MR) is 389 cm³/mol. The SMILES string of the molecule is Nc1c(N=Nc2ccc(Nc3nc(Cl)nc(Nc4ccc(S(=O)(=O)CCOS(=O)(=O)O)cc4)n3)cc2)c(S(=O)(=O)O)cc2cccc(O)c12.Nc1c(N=Nc2ccc(Nc3nc(F)nc(Nc4cccc(S(=O)(=O)CCOS(=O)(=O)O)c4)n3)cc2)c(S(=O)(=O)O)cc2cccc(O)c12.O=S(=O)=O.O=S(=O)=O.O=S(=O)=O.O=S(=O)=O. The maximum Gasteiger partial charge on any atom is 0.425 e. The molecular formula is C54H46ClFN16O32S10. The summed E-state index contributed by atoms with van der Waals surface area (Å²) < 4.78 is 301. The lowest BCUT2D eigenvalue weighted by Crippen LogP contribution is -2.15. The minimum atomic E-state index is -4.83. The van der Waals surface area contributed by atoms with Crippen molar-refractivity contribution in [2.24, 2.45) is 20.5 Å². The van der Waals surface area contributed by atoms with Crippen LogP contribution in [-0.4, -0.2) is 184 Å². The van der Waals surface area contributed by atoms with E-state index in [4.69, 9.17) is 82.7 Å². The summed E-state index contributed by atoms with van der Waals surface area (Å²) in [6.45, 7) is -1.59. The fourth-order valence-electron chi connectivity index (χ4n) is 8.59. The summed E-state index contributed by atoms with van der Waals surface area (Å²) in [4.78, 5) is 21.8. The third-order valence-corrected chi connectivity index (χ3v) is 19.1. The van der Waals surface area contributed by atoms with Crippen molar-refractivity contribution in [1.29, 1.82) is 0 Å². The van der Waals surface area contributed by atoms with Gasteiger partial charge in [0.05, 0.1) is 57.3 Å². The van der Waals surface area contributed by atoms with Crippen molar-refractivity contribution in [3.8, 4) is 11.5 Å². The Morgan fingerprint density at radius 1 is 0.404 bits per heavy atom. The summed E-state index contributed by atoms with van der Waals surface area (Å²) in [5.41, 5.74) is 12.8. The molecule has 10 rings (SSSR count). The van der Waals surface area contributed by atoms with Crippen molar-refractivity contribution in [2.75, 3.05) is 57.5 Å². The van der Waals surface area contributed by atoms with Gasteiger partial charge in [-0.1, -0.05) is 30.3 Å². The monoisotopic (exact) mass is 1800 g/mol. The standard InChI is InChI=1S/C27H23ClN8O10S3.C27H23FN8O10S3.4O3S/c28-25-32-26(34-27(33-25)31-17-8-10-19(11-9-17)47(38,39)13-12-46-49(43,44)45)30-16-4-6-18(7-5-16)35-36-24-21(48(40,41)42)14-15-2-1-3-20(37)22(15)23(24)29;28-25-32-26(34-27(33-25)31-18-4-2-5-19(14-18)47(38,39)12-11-46-49(43,44)45)30-16-7-9-17(10-8-16)35-36-24-21(48(40,41)42)13-15-3-1-6-20(37)22(15)23(24)29;4*1-4(2)3/h1-11,14,37H,12-13,29H2,(H,40,41,42)(H,43,44,45)(H2,30,31,32,33,34);1-10,13-14,37H,11-12,29H2,(H,40,41,42)(H,43,44,45)(H2,30,31,32,33,34);;;;. The van der Waals surface area contributed by atoms with Crippen LogP contribution in [0.1, 0.15) is 0 Å². The van der Waals surface area contributed by atoms with E-state index in [0.717, 1.165) is 18.2 Å². The molecule has 2 aromatic heterocycles. The van der Waals surface area contributed by atoms with Crippen LogP contribution in [0.2, 0.25) is 5.28 Å². The molecule has 0 saturated heterocycles. The number of nitrogen functional groups attached to an aromatic ring is 2. The molecule has 0 aliphatic heterocycles. The smallest absolute Gasteiger partial charge is 0.425 e. The zero-order valence-electron chi connectivity index (χ0n) is 55.4. The van der Waals surface area contributed by atoms with Gasteiger partial charge in [0, 0.05) is 33.5 Å². The van der Waals surface area contributed by atoms with E-state index in [2.05, 4.69) is 80.0 Å². The molecule has 608 valence electrons. The van der Waals surface area contributed by atoms with Crippen molar-refractivity contribution in [3.05, 3.63) is 157 Å². The number of phenolic OH excluding ortho intramolecular Hbond substituents is 2. The molecule has 0 saturated carbocycles. The molecule has 8 aromatic carbocycles. The van der Waals surface area contributed by atoms with Crippen LogP contribution in [0, 0.1) is 6.08 Å². The molecule has 48 nitrogen and oxygen atoms in total. The van der Waals surface area contributed by atoms with E-state index in [0.29, 0.717) is 17.1 Å². The molecule has 14 N–H and O–H groups in total. The number of rotatable bonds is 24. The first-order valence-corrected chi connectivity index (χ1v) is 42.1. The lowest BCUT2D eigenvalue weighted by Gasteiger charge is -2.11. The second-order valence-electron chi connectivity index (χ2n) is 20.5. The van der Waals surface area contributed by atoms with Gasteiger partial charge in [-0.15, -0.1) is 60.7 Å². The number of anilines is 10. The highest BCUT2D eigenvalue weighted by molar-refractivity contribution is 7.92. The van der Waals surface area contributed by atoms with Gasteiger partial charge in [0.1, 0.15) is 32.7 Å². The molecule has 114 heavy (non-hydrogen) atoms. The van der Waals surface area contributed by atoms with Crippen molar-refractivity contribution in [2.45, 2.75) is 19.6 Å². The highest BCUT2D eigenvalue weighted by Crippen LogP contribution is 2.44. The van der Waals surface area contributed by atoms with Gasteiger partial charge in [0.15, 0.2) is 19.7 Å². The quantitative estimate of drug-likeness (QED) is 0.0218. The molecule has 0 atom stereocenters. The summed E-state index contributed by atoms with van der Waals surface area (Å²) >= 11 is 6.07. The van der Waals surface area contributed by atoms with E-state index in [1.54, 1.807) is 12.1 Å². The van der Waals surface area contributed by atoms with E-state index < -0.39 is 149 Å². The Balaban J connectivity index is 0.000000342. The van der Waals surface area contributed by atoms with Crippen LogP contribution in [-0.2, 0) is 112 Å². The van der Waals surface area contributed by atoms with Gasteiger partial charge >= 0.3 is 69.3 Å². The number of nitrogens with zero attached hydrogens (tertiary/aromatic N) is 10. The maximum absolute atomic E-state index is 14.3. The number of aromatic hydroxyl groups is 2.